The molecule has 0 radical (unpaired) electrons. The minimum Gasteiger partial charge on any atom is -0.493 e. The Balaban J connectivity index is 1.73. The molecule has 0 bridgehead atoms. The van der Waals surface area contributed by atoms with Gasteiger partial charge in [0, 0.05) is 41.1 Å². The van der Waals surface area contributed by atoms with E-state index in [1.807, 2.05) is 34.5 Å². The second kappa shape index (κ2) is 6.93. The Morgan fingerprint density at radius 3 is 2.70 bits per heavy atom. The number of thiophene rings is 1. The Morgan fingerprint density at radius 1 is 1.22 bits per heavy atom. The third-order valence-corrected chi connectivity index (χ3v) is 4.62. The summed E-state index contributed by atoms with van der Waals surface area (Å²) < 4.78 is 12.4. The second-order valence-corrected chi connectivity index (χ2v) is 6.07. The van der Waals surface area contributed by atoms with Gasteiger partial charge in [0.2, 0.25) is 0 Å². The smallest absolute Gasteiger partial charge is 0.162 e. The normalized spacial score (nSPS) is 10.6. The predicted octanol–water partition coefficient (Wildman–Crippen LogP) is 4.22. The molecule has 0 amide bonds. The summed E-state index contributed by atoms with van der Waals surface area (Å²) in [6, 6.07) is 7.59. The first-order valence-corrected chi connectivity index (χ1v) is 8.20. The Labute approximate surface area is 143 Å². The van der Waals surface area contributed by atoms with Crippen LogP contribution in [0.2, 0.25) is 5.02 Å². The van der Waals surface area contributed by atoms with Crippen molar-refractivity contribution in [2.45, 2.75) is 6.54 Å². The van der Waals surface area contributed by atoms with Crippen LogP contribution in [0.5, 0.6) is 11.5 Å². The molecule has 2 heterocycles. The number of benzene rings is 1. The van der Waals surface area contributed by atoms with Crippen molar-refractivity contribution in [1.82, 2.24) is 9.78 Å². The van der Waals surface area contributed by atoms with Crippen LogP contribution in [0.1, 0.15) is 5.56 Å². The van der Waals surface area contributed by atoms with E-state index in [-0.39, 0.29) is 0 Å². The van der Waals surface area contributed by atoms with E-state index in [4.69, 9.17) is 21.1 Å². The number of hydrogen-bond acceptors (Lipinski definition) is 5. The lowest BCUT2D eigenvalue weighted by molar-refractivity contribution is 0.354. The molecule has 0 aliphatic heterocycles. The van der Waals surface area contributed by atoms with Gasteiger partial charge in [-0.1, -0.05) is 11.6 Å². The number of ether oxygens (including phenoxy) is 2. The average Bonchev–Trinajstić information content (AvgIpc) is 3.24. The lowest BCUT2D eigenvalue weighted by Gasteiger charge is -2.12. The Hall–Kier alpha value is -2.18. The van der Waals surface area contributed by atoms with Crippen LogP contribution in [-0.2, 0) is 6.54 Å². The quantitative estimate of drug-likeness (QED) is 0.724. The molecule has 3 rings (SSSR count). The molecule has 5 nitrogen and oxygen atoms in total. The van der Waals surface area contributed by atoms with Crippen LogP contribution in [0, 0.1) is 0 Å². The number of nitrogens with zero attached hydrogens (tertiary/aromatic N) is 2. The summed E-state index contributed by atoms with van der Waals surface area (Å²) in [4.78, 5) is 0. The minimum atomic E-state index is 0.592. The first-order valence-electron chi connectivity index (χ1n) is 6.94. The van der Waals surface area contributed by atoms with Crippen molar-refractivity contribution in [3.05, 3.63) is 52.6 Å². The van der Waals surface area contributed by atoms with E-state index in [2.05, 4.69) is 10.4 Å². The fourth-order valence-electron chi connectivity index (χ4n) is 2.17. The van der Waals surface area contributed by atoms with Gasteiger partial charge in [-0.25, -0.2) is 4.68 Å². The average molecular weight is 350 g/mol. The summed E-state index contributed by atoms with van der Waals surface area (Å²) in [6.45, 7) is 0.592. The summed E-state index contributed by atoms with van der Waals surface area (Å²) in [5, 5.41) is 11.3. The molecule has 2 aromatic heterocycles. The highest BCUT2D eigenvalue weighted by Crippen LogP contribution is 2.33. The van der Waals surface area contributed by atoms with Gasteiger partial charge in [-0.3, -0.25) is 0 Å². The van der Waals surface area contributed by atoms with Crippen molar-refractivity contribution in [2.24, 2.45) is 0 Å². The molecule has 0 fully saturated rings. The number of hydrogen-bond donors (Lipinski definition) is 1. The summed E-state index contributed by atoms with van der Waals surface area (Å²) >= 11 is 7.92. The first kappa shape index (κ1) is 15.7. The second-order valence-electron chi connectivity index (χ2n) is 4.78. The van der Waals surface area contributed by atoms with Gasteiger partial charge in [0.15, 0.2) is 11.5 Å². The third-order valence-electron chi connectivity index (χ3n) is 3.35. The number of halogens is 1. The summed E-state index contributed by atoms with van der Waals surface area (Å²) in [6.07, 6.45) is 3.68. The monoisotopic (exact) mass is 349 g/mol. The number of aromatic nitrogens is 2. The molecule has 0 spiro atoms. The molecule has 1 N–H and O–H groups in total. The van der Waals surface area contributed by atoms with Gasteiger partial charge in [0.1, 0.15) is 5.00 Å². The molecule has 7 heteroatoms. The van der Waals surface area contributed by atoms with Gasteiger partial charge >= 0.3 is 0 Å². The van der Waals surface area contributed by atoms with Gasteiger partial charge in [0.25, 0.3) is 0 Å². The Bertz CT molecular complexity index is 787. The molecule has 1 aromatic carbocycles. The lowest BCUT2D eigenvalue weighted by atomic mass is 10.2. The Morgan fingerprint density at radius 2 is 2.00 bits per heavy atom. The standard InChI is InChI=1S/C16H16ClN3O2S/c1-21-14-6-11(13(17)8-15(14)22-2)9-18-12-7-16(23-10-12)20-5-3-4-19-20/h3-8,10,18H,9H2,1-2H3. The minimum absolute atomic E-state index is 0.592. The molecule has 120 valence electrons. The highest BCUT2D eigenvalue weighted by molar-refractivity contribution is 7.13. The zero-order valence-electron chi connectivity index (χ0n) is 12.7. The van der Waals surface area contributed by atoms with Gasteiger partial charge in [-0.2, -0.15) is 5.10 Å². The lowest BCUT2D eigenvalue weighted by Crippen LogP contribution is -2.01. The number of anilines is 1. The van der Waals surface area contributed by atoms with Crippen molar-refractivity contribution in [3.8, 4) is 16.5 Å². The molecular weight excluding hydrogens is 334 g/mol. The molecule has 0 saturated carbocycles. The SMILES string of the molecule is COc1cc(Cl)c(CNc2csc(-n3cccn3)c2)cc1OC. The van der Waals surface area contributed by atoms with Crippen LogP contribution >= 0.6 is 22.9 Å². The van der Waals surface area contributed by atoms with Crippen LogP contribution in [0.15, 0.2) is 42.0 Å². The van der Waals surface area contributed by atoms with E-state index in [0.717, 1.165) is 16.3 Å². The highest BCUT2D eigenvalue weighted by Gasteiger charge is 2.10. The zero-order chi connectivity index (χ0) is 16.2. The van der Waals surface area contributed by atoms with E-state index in [1.54, 1.807) is 37.8 Å². The fourth-order valence-corrected chi connectivity index (χ4v) is 3.20. The summed E-state index contributed by atoms with van der Waals surface area (Å²) in [7, 11) is 3.20. The Kier molecular flexibility index (Phi) is 4.73. The van der Waals surface area contributed by atoms with E-state index in [1.165, 1.54) is 0 Å². The highest BCUT2D eigenvalue weighted by atomic mass is 35.5. The molecule has 0 saturated heterocycles. The summed E-state index contributed by atoms with van der Waals surface area (Å²) in [5.41, 5.74) is 1.96. The molecule has 0 aliphatic rings. The van der Waals surface area contributed by atoms with Crippen LogP contribution < -0.4 is 14.8 Å². The van der Waals surface area contributed by atoms with Crippen LogP contribution in [0.3, 0.4) is 0 Å². The van der Waals surface area contributed by atoms with Crippen LogP contribution in [0.4, 0.5) is 5.69 Å². The molecule has 0 atom stereocenters. The van der Waals surface area contributed by atoms with Crippen molar-refractivity contribution in [2.75, 3.05) is 19.5 Å². The summed E-state index contributed by atoms with van der Waals surface area (Å²) in [5.74, 6) is 1.29. The molecule has 23 heavy (non-hydrogen) atoms. The van der Waals surface area contributed by atoms with E-state index in [9.17, 15) is 0 Å². The molecule has 0 unspecified atom stereocenters. The van der Waals surface area contributed by atoms with E-state index >= 15 is 0 Å². The van der Waals surface area contributed by atoms with Gasteiger partial charge in [-0.05, 0) is 23.8 Å². The maximum atomic E-state index is 6.30. The first-order chi connectivity index (χ1) is 11.2. The van der Waals surface area contributed by atoms with E-state index < -0.39 is 0 Å². The van der Waals surface area contributed by atoms with E-state index in [0.29, 0.717) is 23.1 Å². The van der Waals surface area contributed by atoms with Crippen molar-refractivity contribution < 1.29 is 9.47 Å². The molecule has 0 aliphatic carbocycles. The topological polar surface area (TPSA) is 48.3 Å². The predicted molar refractivity (Wildman–Crippen MR) is 93.3 cm³/mol. The molecular formula is C16H16ClN3O2S. The largest absolute Gasteiger partial charge is 0.493 e. The fraction of sp³-hybridized carbons (Fsp3) is 0.188. The zero-order valence-corrected chi connectivity index (χ0v) is 14.3. The number of nitrogens with one attached hydrogen (secondary N) is 1. The third kappa shape index (κ3) is 3.43. The maximum Gasteiger partial charge on any atom is 0.162 e. The van der Waals surface area contributed by atoms with Gasteiger partial charge in [0.05, 0.1) is 14.2 Å². The van der Waals surface area contributed by atoms with Crippen molar-refractivity contribution in [3.63, 3.8) is 0 Å². The van der Waals surface area contributed by atoms with Gasteiger partial charge in [-0.15, -0.1) is 11.3 Å². The van der Waals surface area contributed by atoms with Crippen molar-refractivity contribution in [1.29, 1.82) is 0 Å². The van der Waals surface area contributed by atoms with Crippen molar-refractivity contribution >= 4 is 28.6 Å². The molecule has 3 aromatic rings. The van der Waals surface area contributed by atoms with Gasteiger partial charge < -0.3 is 14.8 Å². The number of rotatable bonds is 6. The van der Waals surface area contributed by atoms with Crippen LogP contribution in [-0.4, -0.2) is 24.0 Å². The number of methoxy groups -OCH3 is 2. The maximum absolute atomic E-state index is 6.30. The van der Waals surface area contributed by atoms with Crippen LogP contribution in [0.25, 0.3) is 5.00 Å².